The van der Waals surface area contributed by atoms with Crippen LogP contribution in [0.25, 0.3) is 0 Å². The van der Waals surface area contributed by atoms with E-state index in [0.717, 1.165) is 5.02 Å². The van der Waals surface area contributed by atoms with E-state index in [1.165, 1.54) is 0 Å². The van der Waals surface area contributed by atoms with Crippen LogP contribution in [-0.2, 0) is 0 Å². The average molecular weight is 311 g/mol. The van der Waals surface area contributed by atoms with Crippen LogP contribution in [0, 0.1) is 5.21 Å². The Labute approximate surface area is 134 Å². The molecule has 4 heteroatoms. The molecule has 22 heavy (non-hydrogen) atoms. The minimum atomic E-state index is 0.529. The van der Waals surface area contributed by atoms with Crippen molar-refractivity contribution in [2.45, 2.75) is 0 Å². The second-order valence-electron chi connectivity index (χ2n) is 4.34. The normalized spacial score (nSPS) is 10.5. The Kier molecular flexibility index (Phi) is 6.15. The van der Waals surface area contributed by atoms with Crippen molar-refractivity contribution in [1.29, 1.82) is 0 Å². The topological polar surface area (TPSA) is 38.4 Å². The summed E-state index contributed by atoms with van der Waals surface area (Å²) in [6, 6.07) is 27.5. The Morgan fingerprint density at radius 2 is 1.14 bits per heavy atom. The highest BCUT2D eigenvalue weighted by Gasteiger charge is 2.00. The fourth-order valence-corrected chi connectivity index (χ4v) is 1.77. The molecule has 0 aliphatic carbocycles. The van der Waals surface area contributed by atoms with Crippen molar-refractivity contribution >= 4 is 23.0 Å². The number of nitrogens with zero attached hydrogens (tertiary/aromatic N) is 2. The third-order valence-corrected chi connectivity index (χ3v) is 2.92. The van der Waals surface area contributed by atoms with Crippen LogP contribution >= 0.6 is 11.6 Å². The molecule has 0 radical (unpaired) electrons. The molecular weight excluding hydrogens is 296 g/mol. The zero-order valence-corrected chi connectivity index (χ0v) is 12.6. The molecule has 0 aliphatic heterocycles. The molecule has 3 rings (SSSR count). The van der Waals surface area contributed by atoms with Crippen molar-refractivity contribution in [1.82, 2.24) is 0 Å². The van der Waals surface area contributed by atoms with Gasteiger partial charge in [-0.05, 0) is 24.3 Å². The van der Waals surface area contributed by atoms with Crippen molar-refractivity contribution in [3.05, 3.63) is 101 Å². The summed E-state index contributed by atoms with van der Waals surface area (Å²) < 4.78 is 0. The van der Waals surface area contributed by atoms with Crippen molar-refractivity contribution in [3.63, 3.8) is 0 Å². The number of para-hydroxylation sites is 1. The fourth-order valence-electron chi connectivity index (χ4n) is 1.63. The molecule has 0 saturated heterocycles. The van der Waals surface area contributed by atoms with E-state index in [9.17, 15) is 5.21 Å². The quantitative estimate of drug-likeness (QED) is 0.327. The highest BCUT2D eigenvalue weighted by Crippen LogP contribution is 2.15. The van der Waals surface area contributed by atoms with Crippen LogP contribution in [0.4, 0.5) is 11.4 Å². The van der Waals surface area contributed by atoms with E-state index in [1.54, 1.807) is 36.4 Å². The van der Waals surface area contributed by atoms with Gasteiger partial charge in [-0.25, -0.2) is 0 Å². The highest BCUT2D eigenvalue weighted by atomic mass is 35.5. The van der Waals surface area contributed by atoms with Gasteiger partial charge in [-0.15, -0.1) is 0 Å². The largest absolute Gasteiger partial charge is 0.594 e. The number of azo groups is 1. The van der Waals surface area contributed by atoms with Crippen LogP contribution in [0.2, 0.25) is 5.02 Å². The van der Waals surface area contributed by atoms with E-state index in [0.29, 0.717) is 16.2 Å². The van der Waals surface area contributed by atoms with Gasteiger partial charge in [-0.3, -0.25) is 0 Å². The molecule has 110 valence electrons. The monoisotopic (exact) mass is 310 g/mol. The lowest BCUT2D eigenvalue weighted by Gasteiger charge is -1.98. The minimum absolute atomic E-state index is 0.529. The maximum absolute atomic E-state index is 11.6. The summed E-state index contributed by atoms with van der Waals surface area (Å²) in [4.78, 5) is 0.620. The number of benzene rings is 3. The number of hydrogen-bond acceptors (Lipinski definition) is 2. The smallest absolute Gasteiger partial charge is 0.244 e. The highest BCUT2D eigenvalue weighted by molar-refractivity contribution is 6.30. The summed E-state index contributed by atoms with van der Waals surface area (Å²) in [5.74, 6) is 0. The van der Waals surface area contributed by atoms with Crippen molar-refractivity contribution in [3.8, 4) is 0 Å². The predicted molar refractivity (Wildman–Crippen MR) is 89.7 cm³/mol. The van der Waals surface area contributed by atoms with Gasteiger partial charge in [0.1, 0.15) is 5.69 Å². The summed E-state index contributed by atoms with van der Waals surface area (Å²) in [6.07, 6.45) is 0. The van der Waals surface area contributed by atoms with Gasteiger partial charge >= 0.3 is 0 Å². The molecule has 0 bridgehead atoms. The number of hydrogen-bond donors (Lipinski definition) is 0. The third kappa shape index (κ3) is 5.38. The van der Waals surface area contributed by atoms with Crippen molar-refractivity contribution < 1.29 is 4.86 Å². The molecule has 0 heterocycles. The zero-order chi connectivity index (χ0) is 15.6. The molecule has 0 N–H and O–H groups in total. The van der Waals surface area contributed by atoms with Crippen LogP contribution < -0.4 is 0 Å². The van der Waals surface area contributed by atoms with Gasteiger partial charge in [-0.1, -0.05) is 71.1 Å². The molecule has 0 fully saturated rings. The molecule has 0 aromatic heterocycles. The number of rotatable bonds is 2. The molecule has 3 aromatic rings. The lowest BCUT2D eigenvalue weighted by molar-refractivity contribution is -0.435. The van der Waals surface area contributed by atoms with Gasteiger partial charge in [0.05, 0.1) is 0 Å². The van der Waals surface area contributed by atoms with Gasteiger partial charge in [-0.2, -0.15) is 0 Å². The zero-order valence-electron chi connectivity index (χ0n) is 11.8. The van der Waals surface area contributed by atoms with Crippen LogP contribution in [0.15, 0.2) is 96.1 Å². The first-order valence-electron chi connectivity index (χ1n) is 6.75. The molecular formula is C18H15ClN2O. The summed E-state index contributed by atoms with van der Waals surface area (Å²) in [7, 11) is 0. The molecule has 0 spiro atoms. The summed E-state index contributed by atoms with van der Waals surface area (Å²) >= 11 is 5.54. The third-order valence-electron chi connectivity index (χ3n) is 2.67. The van der Waals surface area contributed by atoms with E-state index in [1.807, 2.05) is 54.6 Å². The summed E-state index contributed by atoms with van der Waals surface area (Å²) in [6.45, 7) is 0. The van der Waals surface area contributed by atoms with Crippen LogP contribution in [-0.4, -0.2) is 4.86 Å². The van der Waals surface area contributed by atoms with Crippen LogP contribution in [0.5, 0.6) is 0 Å². The van der Waals surface area contributed by atoms with Gasteiger partial charge in [0.15, 0.2) is 0 Å². The van der Waals surface area contributed by atoms with Crippen molar-refractivity contribution in [2.75, 3.05) is 0 Å². The van der Waals surface area contributed by atoms with Gasteiger partial charge < -0.3 is 5.21 Å². The lowest BCUT2D eigenvalue weighted by Crippen LogP contribution is -1.88. The Morgan fingerprint density at radius 3 is 1.59 bits per heavy atom. The number of halogens is 1. The van der Waals surface area contributed by atoms with E-state index < -0.39 is 0 Å². The molecule has 3 nitrogen and oxygen atoms in total. The van der Waals surface area contributed by atoms with Gasteiger partial charge in [0.25, 0.3) is 0 Å². The van der Waals surface area contributed by atoms with Crippen LogP contribution in [0.1, 0.15) is 0 Å². The summed E-state index contributed by atoms with van der Waals surface area (Å²) in [5.41, 5.74) is 1.18. The fraction of sp³-hybridized carbons (Fsp3) is 0. The molecule has 0 amide bonds. The first kappa shape index (κ1) is 15.7. The Bertz CT molecular complexity index is 701. The van der Waals surface area contributed by atoms with Gasteiger partial charge in [0.2, 0.25) is 5.69 Å². The van der Waals surface area contributed by atoms with Crippen molar-refractivity contribution in [2.24, 2.45) is 5.11 Å². The molecule has 0 unspecified atom stereocenters. The first-order valence-corrected chi connectivity index (χ1v) is 7.13. The molecule has 0 saturated carbocycles. The van der Waals surface area contributed by atoms with E-state index in [2.05, 4.69) is 5.11 Å². The summed E-state index contributed by atoms with van der Waals surface area (Å²) in [5, 5.41) is 16.3. The standard InChI is InChI=1S/C12H10N2O.C6H5Cl/c15-14(12-9-5-2-6-10-12)13-11-7-3-1-4-8-11;7-6-4-2-1-3-5-6/h1-10H;1-5H. The Balaban J connectivity index is 0.000000211. The predicted octanol–water partition coefficient (Wildman–Crippen LogP) is 5.95. The minimum Gasteiger partial charge on any atom is -0.594 e. The molecule has 0 atom stereocenters. The SMILES string of the molecule is Clc1ccccc1.[O-][N+](=Nc1ccccc1)c1ccccc1. The second-order valence-corrected chi connectivity index (χ2v) is 4.78. The maximum atomic E-state index is 11.6. The maximum Gasteiger partial charge on any atom is 0.244 e. The lowest BCUT2D eigenvalue weighted by atomic mass is 10.3. The second kappa shape index (κ2) is 8.60. The molecule has 0 aliphatic rings. The van der Waals surface area contributed by atoms with Gasteiger partial charge in [0, 0.05) is 22.3 Å². The van der Waals surface area contributed by atoms with Crippen LogP contribution in [0.3, 0.4) is 0 Å². The van der Waals surface area contributed by atoms with E-state index >= 15 is 0 Å². The van der Waals surface area contributed by atoms with E-state index in [4.69, 9.17) is 11.6 Å². The Hall–Kier alpha value is -2.65. The molecule has 3 aromatic carbocycles. The first-order chi connectivity index (χ1) is 10.8. The Morgan fingerprint density at radius 1 is 0.682 bits per heavy atom. The average Bonchev–Trinajstić information content (AvgIpc) is 2.58. The van der Waals surface area contributed by atoms with E-state index in [-0.39, 0.29) is 0 Å².